The SMILES string of the molecule is COC(=O)NC/C(=C\c1ccc(OC)cc1)C(=O)OC. The number of ether oxygens (including phenoxy) is 3. The molecule has 0 aromatic heterocycles. The highest BCUT2D eigenvalue weighted by atomic mass is 16.5. The van der Waals surface area contributed by atoms with Crippen LogP contribution in [0.1, 0.15) is 5.56 Å². The highest BCUT2D eigenvalue weighted by Gasteiger charge is 2.11. The molecule has 0 aliphatic carbocycles. The van der Waals surface area contributed by atoms with Crippen LogP contribution in [0.2, 0.25) is 0 Å². The van der Waals surface area contributed by atoms with E-state index >= 15 is 0 Å². The normalized spacial score (nSPS) is 10.7. The van der Waals surface area contributed by atoms with Gasteiger partial charge in [-0.05, 0) is 23.8 Å². The lowest BCUT2D eigenvalue weighted by Gasteiger charge is -2.07. The molecule has 1 rings (SSSR count). The maximum atomic E-state index is 11.6. The standard InChI is InChI=1S/C14H17NO5/c1-18-12-6-4-10(5-7-12)8-11(13(16)19-2)9-15-14(17)20-3/h4-8H,9H2,1-3H3,(H,15,17)/b11-8+. The lowest BCUT2D eigenvalue weighted by Crippen LogP contribution is -2.27. The molecule has 108 valence electrons. The highest BCUT2D eigenvalue weighted by molar-refractivity contribution is 5.94. The van der Waals surface area contributed by atoms with E-state index in [4.69, 9.17) is 4.74 Å². The third-order valence-corrected chi connectivity index (χ3v) is 2.51. The predicted octanol–water partition coefficient (Wildman–Crippen LogP) is 1.61. The molecule has 0 unspecified atom stereocenters. The zero-order valence-electron chi connectivity index (χ0n) is 11.6. The third kappa shape index (κ3) is 4.64. The van der Waals surface area contributed by atoms with E-state index in [2.05, 4.69) is 14.8 Å². The van der Waals surface area contributed by atoms with Gasteiger partial charge in [-0.25, -0.2) is 9.59 Å². The second-order valence-electron chi connectivity index (χ2n) is 3.78. The van der Waals surface area contributed by atoms with E-state index in [1.807, 2.05) is 0 Å². The molecule has 0 aliphatic rings. The van der Waals surface area contributed by atoms with Gasteiger partial charge in [-0.15, -0.1) is 0 Å². The molecule has 0 heterocycles. The van der Waals surface area contributed by atoms with Crippen molar-refractivity contribution >= 4 is 18.1 Å². The summed E-state index contributed by atoms with van der Waals surface area (Å²) >= 11 is 0. The second-order valence-corrected chi connectivity index (χ2v) is 3.78. The second kappa shape index (κ2) is 7.83. The Hall–Kier alpha value is -2.50. The van der Waals surface area contributed by atoms with Gasteiger partial charge in [0.25, 0.3) is 0 Å². The minimum atomic E-state index is -0.616. The Balaban J connectivity index is 2.87. The zero-order valence-corrected chi connectivity index (χ0v) is 11.6. The van der Waals surface area contributed by atoms with E-state index in [-0.39, 0.29) is 6.54 Å². The number of carbonyl (C=O) groups is 2. The fourth-order valence-corrected chi connectivity index (χ4v) is 1.45. The molecular formula is C14H17NO5. The zero-order chi connectivity index (χ0) is 15.0. The quantitative estimate of drug-likeness (QED) is 0.654. The maximum Gasteiger partial charge on any atom is 0.407 e. The summed E-state index contributed by atoms with van der Waals surface area (Å²) in [5.41, 5.74) is 1.10. The molecule has 0 bridgehead atoms. The molecular weight excluding hydrogens is 262 g/mol. The van der Waals surface area contributed by atoms with E-state index in [1.165, 1.54) is 14.2 Å². The van der Waals surface area contributed by atoms with Crippen molar-refractivity contribution in [1.82, 2.24) is 5.32 Å². The molecule has 1 aromatic carbocycles. The largest absolute Gasteiger partial charge is 0.497 e. The van der Waals surface area contributed by atoms with E-state index in [0.717, 1.165) is 11.3 Å². The number of nitrogens with one attached hydrogen (secondary N) is 1. The molecule has 0 atom stereocenters. The number of amides is 1. The number of alkyl carbamates (subject to hydrolysis) is 1. The van der Waals surface area contributed by atoms with Crippen LogP contribution >= 0.6 is 0 Å². The summed E-state index contributed by atoms with van der Waals surface area (Å²) in [5, 5.41) is 2.44. The first-order valence-corrected chi connectivity index (χ1v) is 5.85. The number of hydrogen-bond acceptors (Lipinski definition) is 5. The fourth-order valence-electron chi connectivity index (χ4n) is 1.45. The molecule has 6 nitrogen and oxygen atoms in total. The Kier molecular flexibility index (Phi) is 6.09. The van der Waals surface area contributed by atoms with Crippen LogP contribution in [0, 0.1) is 0 Å². The van der Waals surface area contributed by atoms with Gasteiger partial charge in [0.1, 0.15) is 5.75 Å². The van der Waals surface area contributed by atoms with Crippen LogP contribution in [0.4, 0.5) is 4.79 Å². The van der Waals surface area contributed by atoms with Crippen molar-refractivity contribution in [2.75, 3.05) is 27.9 Å². The smallest absolute Gasteiger partial charge is 0.407 e. The minimum absolute atomic E-state index is 0.0192. The molecule has 0 fully saturated rings. The number of carbonyl (C=O) groups excluding carboxylic acids is 2. The third-order valence-electron chi connectivity index (χ3n) is 2.51. The molecule has 20 heavy (non-hydrogen) atoms. The van der Waals surface area contributed by atoms with Gasteiger partial charge in [-0.3, -0.25) is 0 Å². The van der Waals surface area contributed by atoms with Crippen LogP contribution in [-0.2, 0) is 14.3 Å². The summed E-state index contributed by atoms with van der Waals surface area (Å²) in [6.45, 7) is 0.0192. The first kappa shape index (κ1) is 15.6. The van der Waals surface area contributed by atoms with Crippen LogP contribution in [0.25, 0.3) is 6.08 Å². The van der Waals surface area contributed by atoms with Crippen molar-refractivity contribution in [3.8, 4) is 5.75 Å². The van der Waals surface area contributed by atoms with Gasteiger partial charge in [0.2, 0.25) is 0 Å². The van der Waals surface area contributed by atoms with Crippen LogP contribution in [0.3, 0.4) is 0 Å². The van der Waals surface area contributed by atoms with Crippen molar-refractivity contribution in [2.24, 2.45) is 0 Å². The van der Waals surface area contributed by atoms with Gasteiger partial charge in [-0.1, -0.05) is 12.1 Å². The van der Waals surface area contributed by atoms with Crippen LogP contribution in [0.15, 0.2) is 29.8 Å². The Morgan fingerprint density at radius 2 is 1.75 bits per heavy atom. The van der Waals surface area contributed by atoms with Crippen molar-refractivity contribution < 1.29 is 23.8 Å². The average molecular weight is 279 g/mol. The van der Waals surface area contributed by atoms with E-state index in [0.29, 0.717) is 5.57 Å². The van der Waals surface area contributed by atoms with Crippen LogP contribution < -0.4 is 10.1 Å². The van der Waals surface area contributed by atoms with Gasteiger partial charge in [0.15, 0.2) is 0 Å². The lowest BCUT2D eigenvalue weighted by atomic mass is 10.1. The number of rotatable bonds is 5. The summed E-state index contributed by atoms with van der Waals surface area (Å²) in [7, 11) is 4.10. The molecule has 0 saturated heterocycles. The molecule has 0 radical (unpaired) electrons. The minimum Gasteiger partial charge on any atom is -0.497 e. The van der Waals surface area contributed by atoms with E-state index < -0.39 is 12.1 Å². The van der Waals surface area contributed by atoms with E-state index in [1.54, 1.807) is 37.5 Å². The average Bonchev–Trinajstić information content (AvgIpc) is 2.50. The summed E-state index contributed by atoms with van der Waals surface area (Å²) in [4.78, 5) is 22.7. The number of hydrogen-bond donors (Lipinski definition) is 1. The van der Waals surface area contributed by atoms with Crippen molar-refractivity contribution in [3.05, 3.63) is 35.4 Å². The first-order valence-electron chi connectivity index (χ1n) is 5.85. The maximum absolute atomic E-state index is 11.6. The Labute approximate surface area is 117 Å². The van der Waals surface area contributed by atoms with Crippen molar-refractivity contribution in [2.45, 2.75) is 0 Å². The molecule has 1 aromatic rings. The molecule has 1 amide bonds. The van der Waals surface area contributed by atoms with E-state index in [9.17, 15) is 9.59 Å². The van der Waals surface area contributed by atoms with Crippen LogP contribution in [-0.4, -0.2) is 39.9 Å². The summed E-state index contributed by atoms with van der Waals surface area (Å²) < 4.78 is 14.2. The number of esters is 1. The van der Waals surface area contributed by atoms with Gasteiger partial charge >= 0.3 is 12.1 Å². The Morgan fingerprint density at radius 3 is 2.25 bits per heavy atom. The Morgan fingerprint density at radius 1 is 1.10 bits per heavy atom. The van der Waals surface area contributed by atoms with Crippen molar-refractivity contribution in [1.29, 1.82) is 0 Å². The molecule has 0 saturated carbocycles. The van der Waals surface area contributed by atoms with Gasteiger partial charge in [0, 0.05) is 0 Å². The monoisotopic (exact) mass is 279 g/mol. The fraction of sp³-hybridized carbons (Fsp3) is 0.286. The molecule has 1 N–H and O–H groups in total. The number of benzene rings is 1. The van der Waals surface area contributed by atoms with Crippen LogP contribution in [0.5, 0.6) is 5.75 Å². The predicted molar refractivity (Wildman–Crippen MR) is 73.4 cm³/mol. The Bertz CT molecular complexity index is 493. The number of methoxy groups -OCH3 is 3. The molecule has 0 spiro atoms. The summed E-state index contributed by atoms with van der Waals surface area (Å²) in [6, 6.07) is 7.13. The lowest BCUT2D eigenvalue weighted by molar-refractivity contribution is -0.136. The van der Waals surface area contributed by atoms with Gasteiger partial charge < -0.3 is 19.5 Å². The van der Waals surface area contributed by atoms with Crippen molar-refractivity contribution in [3.63, 3.8) is 0 Å². The topological polar surface area (TPSA) is 73.9 Å². The molecule has 0 aliphatic heterocycles. The van der Waals surface area contributed by atoms with Gasteiger partial charge in [-0.2, -0.15) is 0 Å². The highest BCUT2D eigenvalue weighted by Crippen LogP contribution is 2.14. The first-order chi connectivity index (χ1) is 9.60. The molecule has 6 heteroatoms. The summed E-state index contributed by atoms with van der Waals surface area (Å²) in [6.07, 6.45) is 1.01. The summed E-state index contributed by atoms with van der Waals surface area (Å²) in [5.74, 6) is 0.201. The van der Waals surface area contributed by atoms with Gasteiger partial charge in [0.05, 0.1) is 33.4 Å².